The molecule has 1 aromatic heterocycles. The number of pyridine rings is 1. The molecule has 1 aliphatic heterocycles. The molecule has 7 nitrogen and oxygen atoms in total. The molecule has 4 rings (SSSR count). The molecule has 1 fully saturated rings. The minimum absolute atomic E-state index is 0.204. The van der Waals surface area contributed by atoms with E-state index in [0.717, 1.165) is 25.2 Å². The molecule has 39 heavy (non-hydrogen) atoms. The van der Waals surface area contributed by atoms with Crippen molar-refractivity contribution >= 4 is 24.0 Å². The number of anilines is 1. The van der Waals surface area contributed by atoms with E-state index in [9.17, 15) is 9.18 Å². The molecular weight excluding hydrogens is 515 g/mol. The van der Waals surface area contributed by atoms with Crippen LogP contribution in [0.15, 0.2) is 60.7 Å². The highest BCUT2D eigenvalue weighted by Gasteiger charge is 2.39. The number of hydrogen-bond donors (Lipinski definition) is 1. The lowest BCUT2D eigenvalue weighted by atomic mass is 9.97. The van der Waals surface area contributed by atoms with Gasteiger partial charge in [0, 0.05) is 30.8 Å². The largest absolute Gasteiger partial charge is 0.493 e. The van der Waals surface area contributed by atoms with Crippen LogP contribution in [0.3, 0.4) is 0 Å². The van der Waals surface area contributed by atoms with Gasteiger partial charge >= 0.3 is 0 Å². The van der Waals surface area contributed by atoms with E-state index in [1.54, 1.807) is 25.2 Å². The summed E-state index contributed by atoms with van der Waals surface area (Å²) in [6.45, 7) is 11.8. The third-order valence-corrected chi connectivity index (χ3v) is 7.03. The second kappa shape index (κ2) is 12.3. The Morgan fingerprint density at radius 2 is 1.92 bits per heavy atom. The van der Waals surface area contributed by atoms with E-state index in [2.05, 4.69) is 31.1 Å². The number of aromatic nitrogens is 1. The Labute approximate surface area is 235 Å². The summed E-state index contributed by atoms with van der Waals surface area (Å²) in [5, 5.41) is 0. The number of rotatable bonds is 10. The molecule has 2 heterocycles. The molecule has 1 atom stereocenters. The smallest absolute Gasteiger partial charge is 0.270 e. The van der Waals surface area contributed by atoms with Crippen LogP contribution in [0.1, 0.15) is 51.4 Å². The summed E-state index contributed by atoms with van der Waals surface area (Å²) in [6.07, 6.45) is 0.966. The SMILES string of the molecule is CC(C)COc1cc(F)cc(-c2ccc(C(=O)NN(C)SOc3ccccc3)c(N3CC(C)CC3(C)C)n2)c1. The molecular formula is C30H37FN4O3S. The van der Waals surface area contributed by atoms with Gasteiger partial charge in [0.25, 0.3) is 5.91 Å². The lowest BCUT2D eigenvalue weighted by molar-refractivity contribution is 0.0898. The molecule has 9 heteroatoms. The van der Waals surface area contributed by atoms with Gasteiger partial charge in [-0.05, 0) is 68.5 Å². The van der Waals surface area contributed by atoms with Crippen LogP contribution < -0.4 is 19.2 Å². The van der Waals surface area contributed by atoms with Gasteiger partial charge in [0.05, 0.1) is 17.9 Å². The quantitative estimate of drug-likeness (QED) is 0.169. The number of hydrogen-bond acceptors (Lipinski definition) is 7. The van der Waals surface area contributed by atoms with Crippen LogP contribution >= 0.6 is 12.2 Å². The van der Waals surface area contributed by atoms with Crippen molar-refractivity contribution in [2.75, 3.05) is 25.1 Å². The summed E-state index contributed by atoms with van der Waals surface area (Å²) in [5.74, 6) is 1.73. The standard InChI is InChI=1S/C30H37FN4O3S/c1-20(2)19-37-25-15-22(14-23(31)16-25)27-13-12-26(28(32-27)35-18-21(3)17-30(35,4)5)29(36)33-34(6)39-38-24-10-8-7-9-11-24/h7-16,20-21H,17-19H2,1-6H3,(H,33,36). The van der Waals surface area contributed by atoms with Crippen LogP contribution in [0.5, 0.6) is 11.5 Å². The third kappa shape index (κ3) is 7.42. The Bertz CT molecular complexity index is 1290. The Balaban J connectivity index is 1.63. The summed E-state index contributed by atoms with van der Waals surface area (Å²) in [4.78, 5) is 20.6. The maximum atomic E-state index is 14.6. The average Bonchev–Trinajstić information content (AvgIpc) is 3.17. The molecule has 208 valence electrons. The second-order valence-electron chi connectivity index (χ2n) is 11.1. The number of carbonyl (C=O) groups is 1. The first-order chi connectivity index (χ1) is 18.5. The highest BCUT2D eigenvalue weighted by molar-refractivity contribution is 7.92. The van der Waals surface area contributed by atoms with Crippen molar-refractivity contribution in [2.45, 2.75) is 46.6 Å². The first kappa shape index (κ1) is 28.7. The average molecular weight is 553 g/mol. The maximum absolute atomic E-state index is 14.6. The molecule has 0 saturated carbocycles. The van der Waals surface area contributed by atoms with Crippen molar-refractivity contribution in [3.05, 3.63) is 72.0 Å². The summed E-state index contributed by atoms with van der Waals surface area (Å²) >= 11 is 1.01. The normalized spacial score (nSPS) is 16.5. The van der Waals surface area contributed by atoms with Crippen molar-refractivity contribution in [3.63, 3.8) is 0 Å². The van der Waals surface area contributed by atoms with Gasteiger partial charge in [0.1, 0.15) is 23.1 Å². The fourth-order valence-corrected chi connectivity index (χ4v) is 5.23. The van der Waals surface area contributed by atoms with Gasteiger partial charge in [-0.2, -0.15) is 0 Å². The summed E-state index contributed by atoms with van der Waals surface area (Å²) < 4.78 is 27.5. The summed E-state index contributed by atoms with van der Waals surface area (Å²) in [6, 6.07) is 17.5. The van der Waals surface area contributed by atoms with Crippen molar-refractivity contribution in [1.29, 1.82) is 0 Å². The van der Waals surface area contributed by atoms with E-state index in [1.165, 1.54) is 16.5 Å². The number of ether oxygens (including phenoxy) is 1. The molecule has 1 saturated heterocycles. The monoisotopic (exact) mass is 552 g/mol. The number of amides is 1. The first-order valence-corrected chi connectivity index (χ1v) is 13.9. The highest BCUT2D eigenvalue weighted by Crippen LogP contribution is 2.38. The minimum atomic E-state index is -0.399. The van der Waals surface area contributed by atoms with Gasteiger partial charge in [0.2, 0.25) is 0 Å². The molecule has 3 aromatic rings. The number of nitrogens with zero attached hydrogens (tertiary/aromatic N) is 3. The molecule has 1 unspecified atom stereocenters. The lowest BCUT2D eigenvalue weighted by Gasteiger charge is -2.34. The zero-order valence-electron chi connectivity index (χ0n) is 23.4. The number of para-hydroxylation sites is 1. The van der Waals surface area contributed by atoms with Crippen LogP contribution in [-0.4, -0.2) is 41.0 Å². The molecule has 2 aromatic carbocycles. The van der Waals surface area contributed by atoms with Crippen molar-refractivity contribution in [3.8, 4) is 22.8 Å². The van der Waals surface area contributed by atoms with E-state index < -0.39 is 5.82 Å². The van der Waals surface area contributed by atoms with Crippen LogP contribution in [0.2, 0.25) is 0 Å². The molecule has 0 bridgehead atoms. The first-order valence-electron chi connectivity index (χ1n) is 13.2. The molecule has 1 N–H and O–H groups in total. The van der Waals surface area contributed by atoms with Crippen LogP contribution in [0.4, 0.5) is 10.2 Å². The topological polar surface area (TPSA) is 66.9 Å². The lowest BCUT2D eigenvalue weighted by Crippen LogP contribution is -2.41. The van der Waals surface area contributed by atoms with Gasteiger partial charge in [-0.1, -0.05) is 39.0 Å². The van der Waals surface area contributed by atoms with Crippen molar-refractivity contribution < 1.29 is 18.1 Å². The Hall–Kier alpha value is -3.30. The molecule has 0 spiro atoms. The Morgan fingerprint density at radius 3 is 2.59 bits per heavy atom. The van der Waals surface area contributed by atoms with Crippen molar-refractivity contribution in [1.82, 2.24) is 14.8 Å². The van der Waals surface area contributed by atoms with Gasteiger partial charge in [-0.25, -0.2) is 9.37 Å². The number of carbonyl (C=O) groups excluding carboxylic acids is 1. The third-order valence-electron chi connectivity index (χ3n) is 6.45. The van der Waals surface area contributed by atoms with E-state index in [1.807, 2.05) is 44.2 Å². The molecule has 0 radical (unpaired) electrons. The Kier molecular flexibility index (Phi) is 9.02. The van der Waals surface area contributed by atoms with Gasteiger partial charge in [-0.15, -0.1) is 4.41 Å². The number of nitrogens with one attached hydrogen (secondary N) is 1. The highest BCUT2D eigenvalue weighted by atomic mass is 32.2. The second-order valence-corrected chi connectivity index (χ2v) is 12.0. The minimum Gasteiger partial charge on any atom is -0.493 e. The predicted octanol–water partition coefficient (Wildman–Crippen LogP) is 6.77. The number of hydrazine groups is 1. The van der Waals surface area contributed by atoms with Crippen LogP contribution in [0, 0.1) is 17.7 Å². The number of benzene rings is 2. The van der Waals surface area contributed by atoms with Gasteiger partial charge in [-0.3, -0.25) is 10.2 Å². The molecule has 0 aliphatic carbocycles. The zero-order chi connectivity index (χ0) is 28.2. The summed E-state index contributed by atoms with van der Waals surface area (Å²) in [7, 11) is 1.71. The van der Waals surface area contributed by atoms with Gasteiger partial charge in [0.15, 0.2) is 12.2 Å². The van der Waals surface area contributed by atoms with E-state index in [0.29, 0.717) is 52.6 Å². The zero-order valence-corrected chi connectivity index (χ0v) is 24.2. The maximum Gasteiger partial charge on any atom is 0.270 e. The van der Waals surface area contributed by atoms with Crippen LogP contribution in [-0.2, 0) is 0 Å². The fourth-order valence-electron chi connectivity index (χ4n) is 4.81. The molecule has 1 aliphatic rings. The molecule has 1 amide bonds. The van der Waals surface area contributed by atoms with E-state index >= 15 is 0 Å². The van der Waals surface area contributed by atoms with Crippen LogP contribution in [0.25, 0.3) is 11.3 Å². The fraction of sp³-hybridized carbons (Fsp3) is 0.400. The van der Waals surface area contributed by atoms with E-state index in [-0.39, 0.29) is 11.4 Å². The van der Waals surface area contributed by atoms with Crippen molar-refractivity contribution in [2.24, 2.45) is 11.8 Å². The number of halogens is 1. The summed E-state index contributed by atoms with van der Waals surface area (Å²) in [5.41, 5.74) is 4.25. The van der Waals surface area contributed by atoms with Gasteiger partial charge < -0.3 is 13.8 Å². The Morgan fingerprint density at radius 1 is 1.18 bits per heavy atom. The predicted molar refractivity (Wildman–Crippen MR) is 155 cm³/mol. The van der Waals surface area contributed by atoms with E-state index in [4.69, 9.17) is 13.9 Å².